The van der Waals surface area contributed by atoms with E-state index in [4.69, 9.17) is 0 Å². The molecule has 0 saturated heterocycles. The highest BCUT2D eigenvalue weighted by atomic mass is 79.9. The van der Waals surface area contributed by atoms with Crippen LogP contribution in [0.25, 0.3) is 6.08 Å². The van der Waals surface area contributed by atoms with E-state index in [0.717, 1.165) is 15.6 Å². The lowest BCUT2D eigenvalue weighted by Crippen LogP contribution is -1.93. The minimum Gasteiger partial charge on any atom is -0.259 e. The van der Waals surface area contributed by atoms with Gasteiger partial charge in [0.25, 0.3) is 0 Å². The van der Waals surface area contributed by atoms with Crippen molar-refractivity contribution in [3.8, 4) is 0 Å². The van der Waals surface area contributed by atoms with Crippen LogP contribution < -0.4 is 0 Å². The second kappa shape index (κ2) is 4.37. The number of hydrogen-bond donors (Lipinski definition) is 0. The van der Waals surface area contributed by atoms with Gasteiger partial charge in [-0.3, -0.25) is 10.1 Å². The topological polar surface area (TPSA) is 43.1 Å². The van der Waals surface area contributed by atoms with Crippen LogP contribution in [0.1, 0.15) is 18.1 Å². The predicted molar refractivity (Wildman–Crippen MR) is 59.5 cm³/mol. The van der Waals surface area contributed by atoms with Gasteiger partial charge in [0.1, 0.15) is 0 Å². The van der Waals surface area contributed by atoms with E-state index in [1.807, 2.05) is 25.1 Å². The molecule has 74 valence electrons. The van der Waals surface area contributed by atoms with E-state index in [1.165, 1.54) is 6.92 Å². The van der Waals surface area contributed by atoms with Crippen molar-refractivity contribution in [1.82, 2.24) is 0 Å². The average molecular weight is 256 g/mol. The van der Waals surface area contributed by atoms with E-state index in [2.05, 4.69) is 15.9 Å². The molecule has 0 aliphatic carbocycles. The van der Waals surface area contributed by atoms with Gasteiger partial charge in [0.05, 0.1) is 4.92 Å². The predicted octanol–water partition coefficient (Wildman–Crippen LogP) is 3.40. The molecule has 0 fully saturated rings. The lowest BCUT2D eigenvalue weighted by molar-refractivity contribution is -0.422. The minimum absolute atomic E-state index is 0.134. The first-order valence-electron chi connectivity index (χ1n) is 4.09. The first-order chi connectivity index (χ1) is 6.50. The summed E-state index contributed by atoms with van der Waals surface area (Å²) in [5, 5.41) is 10.4. The first-order valence-corrected chi connectivity index (χ1v) is 4.89. The zero-order valence-electron chi connectivity index (χ0n) is 7.95. The summed E-state index contributed by atoms with van der Waals surface area (Å²) < 4.78 is 0.874. The molecule has 4 heteroatoms. The molecule has 0 N–H and O–H groups in total. The molecule has 0 aliphatic heterocycles. The summed E-state index contributed by atoms with van der Waals surface area (Å²) in [6.45, 7) is 3.45. The molecule has 1 aromatic rings. The van der Waals surface area contributed by atoms with Crippen molar-refractivity contribution < 1.29 is 4.92 Å². The van der Waals surface area contributed by atoms with E-state index in [1.54, 1.807) is 6.08 Å². The Hall–Kier alpha value is -1.16. The van der Waals surface area contributed by atoms with Gasteiger partial charge in [-0.25, -0.2) is 0 Å². The Morgan fingerprint density at radius 3 is 2.71 bits per heavy atom. The smallest absolute Gasteiger partial charge is 0.243 e. The minimum atomic E-state index is -0.397. The maximum absolute atomic E-state index is 10.4. The normalized spacial score (nSPS) is 11.5. The monoisotopic (exact) mass is 255 g/mol. The molecular formula is C10H10BrNO2. The third kappa shape index (κ3) is 2.67. The molecule has 3 nitrogen and oxygen atoms in total. The number of benzene rings is 1. The summed E-state index contributed by atoms with van der Waals surface area (Å²) in [5.41, 5.74) is 2.08. The van der Waals surface area contributed by atoms with Crippen LogP contribution >= 0.6 is 15.9 Å². The van der Waals surface area contributed by atoms with Gasteiger partial charge >= 0.3 is 0 Å². The molecular weight excluding hydrogens is 246 g/mol. The highest BCUT2D eigenvalue weighted by Gasteiger charge is 2.04. The quantitative estimate of drug-likeness (QED) is 0.601. The molecule has 0 amide bonds. The van der Waals surface area contributed by atoms with Crippen LogP contribution in [0.15, 0.2) is 28.4 Å². The average Bonchev–Trinajstić information content (AvgIpc) is 2.09. The molecule has 14 heavy (non-hydrogen) atoms. The van der Waals surface area contributed by atoms with Gasteiger partial charge in [0.2, 0.25) is 5.70 Å². The van der Waals surface area contributed by atoms with Crippen molar-refractivity contribution >= 4 is 22.0 Å². The number of hydrogen-bond acceptors (Lipinski definition) is 2. The molecule has 1 rings (SSSR count). The lowest BCUT2D eigenvalue weighted by atomic mass is 10.1. The van der Waals surface area contributed by atoms with Gasteiger partial charge in [0, 0.05) is 17.5 Å². The summed E-state index contributed by atoms with van der Waals surface area (Å²) >= 11 is 3.36. The maximum atomic E-state index is 10.4. The zero-order valence-corrected chi connectivity index (χ0v) is 9.54. The van der Waals surface area contributed by atoms with Crippen LogP contribution in [0.4, 0.5) is 0 Å². The fourth-order valence-corrected chi connectivity index (χ4v) is 1.63. The van der Waals surface area contributed by atoms with Crippen LogP contribution in [0.3, 0.4) is 0 Å². The van der Waals surface area contributed by atoms with Crippen molar-refractivity contribution in [3.05, 3.63) is 49.6 Å². The summed E-state index contributed by atoms with van der Waals surface area (Å²) in [7, 11) is 0. The fraction of sp³-hybridized carbons (Fsp3) is 0.200. The van der Waals surface area contributed by atoms with Crippen molar-refractivity contribution in [3.63, 3.8) is 0 Å². The van der Waals surface area contributed by atoms with E-state index >= 15 is 0 Å². The number of aryl methyl sites for hydroxylation is 1. The third-order valence-electron chi connectivity index (χ3n) is 1.81. The van der Waals surface area contributed by atoms with Crippen LogP contribution in [0.2, 0.25) is 0 Å². The van der Waals surface area contributed by atoms with Gasteiger partial charge in [-0.05, 0) is 24.1 Å². The Morgan fingerprint density at radius 2 is 2.21 bits per heavy atom. The van der Waals surface area contributed by atoms with Gasteiger partial charge < -0.3 is 0 Å². The first kappa shape index (κ1) is 10.9. The Bertz CT molecular complexity index is 399. The van der Waals surface area contributed by atoms with Crippen LogP contribution in [0.5, 0.6) is 0 Å². The number of halogens is 1. The second-order valence-electron chi connectivity index (χ2n) is 3.07. The molecule has 0 saturated carbocycles. The van der Waals surface area contributed by atoms with Crippen LogP contribution in [-0.4, -0.2) is 4.92 Å². The number of nitro groups is 1. The van der Waals surface area contributed by atoms with Crippen molar-refractivity contribution in [1.29, 1.82) is 0 Å². The lowest BCUT2D eigenvalue weighted by Gasteiger charge is -1.99. The van der Waals surface area contributed by atoms with E-state index in [-0.39, 0.29) is 5.70 Å². The fourth-order valence-electron chi connectivity index (χ4n) is 1.03. The molecule has 0 unspecified atom stereocenters. The summed E-state index contributed by atoms with van der Waals surface area (Å²) in [6, 6.07) is 5.70. The van der Waals surface area contributed by atoms with Gasteiger partial charge in [-0.15, -0.1) is 0 Å². The van der Waals surface area contributed by atoms with E-state index < -0.39 is 4.92 Å². The maximum Gasteiger partial charge on any atom is 0.243 e. The van der Waals surface area contributed by atoms with Gasteiger partial charge in [-0.2, -0.15) is 0 Å². The number of nitrogens with zero attached hydrogens (tertiary/aromatic N) is 1. The number of allylic oxidation sites excluding steroid dienone is 1. The zero-order chi connectivity index (χ0) is 10.7. The van der Waals surface area contributed by atoms with Crippen molar-refractivity contribution in [2.75, 3.05) is 0 Å². The Kier molecular flexibility index (Phi) is 3.41. The van der Waals surface area contributed by atoms with Crippen molar-refractivity contribution in [2.45, 2.75) is 13.8 Å². The number of rotatable bonds is 2. The highest BCUT2D eigenvalue weighted by molar-refractivity contribution is 9.10. The molecule has 0 bridgehead atoms. The molecule has 0 aromatic heterocycles. The second-order valence-corrected chi connectivity index (χ2v) is 3.92. The Morgan fingerprint density at radius 1 is 1.57 bits per heavy atom. The van der Waals surface area contributed by atoms with E-state index in [0.29, 0.717) is 0 Å². The van der Waals surface area contributed by atoms with Crippen LogP contribution in [0, 0.1) is 17.0 Å². The van der Waals surface area contributed by atoms with Crippen LogP contribution in [-0.2, 0) is 0 Å². The summed E-state index contributed by atoms with van der Waals surface area (Å²) in [4.78, 5) is 10.0. The molecule has 0 spiro atoms. The molecule has 0 heterocycles. The van der Waals surface area contributed by atoms with Gasteiger partial charge in [-0.1, -0.05) is 28.1 Å². The third-order valence-corrected chi connectivity index (χ3v) is 2.50. The molecule has 0 aliphatic rings. The Labute approximate surface area is 90.7 Å². The Balaban J connectivity index is 3.09. The van der Waals surface area contributed by atoms with E-state index in [9.17, 15) is 10.1 Å². The standard InChI is InChI=1S/C10H10BrNO2/c1-7-3-4-9(10(11)5-7)6-8(2)12(13)14/h3-6H,1-2H3/b8-6-. The summed E-state index contributed by atoms with van der Waals surface area (Å²) in [6.07, 6.45) is 1.55. The summed E-state index contributed by atoms with van der Waals surface area (Å²) in [5.74, 6) is 0. The highest BCUT2D eigenvalue weighted by Crippen LogP contribution is 2.20. The van der Waals surface area contributed by atoms with Gasteiger partial charge in [0.15, 0.2) is 0 Å². The molecule has 1 aromatic carbocycles. The SMILES string of the molecule is C/C(=C/c1ccc(C)cc1Br)[N+](=O)[O-]. The van der Waals surface area contributed by atoms with Crippen molar-refractivity contribution in [2.24, 2.45) is 0 Å². The molecule has 0 radical (unpaired) electrons. The molecule has 0 atom stereocenters. The largest absolute Gasteiger partial charge is 0.259 e.